The fourth-order valence-corrected chi connectivity index (χ4v) is 4.91. The second kappa shape index (κ2) is 6.14. The molecule has 1 aromatic carbocycles. The van der Waals surface area contributed by atoms with Crippen molar-refractivity contribution in [1.82, 2.24) is 0 Å². The van der Waals surface area contributed by atoms with Gasteiger partial charge in [-0.05, 0) is 61.5 Å². The van der Waals surface area contributed by atoms with Gasteiger partial charge < -0.3 is 15.3 Å². The van der Waals surface area contributed by atoms with Gasteiger partial charge >= 0.3 is 0 Å². The minimum Gasteiger partial charge on any atom is -0.389 e. The minimum atomic E-state index is -0.718. The first-order chi connectivity index (χ1) is 11.6. The van der Waals surface area contributed by atoms with E-state index in [1.54, 1.807) is 6.08 Å². The smallest absolute Gasteiger partial charge is 0.0896 e. The number of rotatable bonds is 2. The molecule has 3 N–H and O–H groups in total. The standard InChI is InChI=1S/C21H26O3/c22-17-6-7-18-15(12-17)13-19(20(18)23)14-8-10-21(24,11-9-14)16-4-2-1-3-5-16/h1-7,14,17,19-20,22-24H,8-13H2/t14?,17?,19?,20-,21?/m1/s1. The molecule has 0 heterocycles. The van der Waals surface area contributed by atoms with Crippen LogP contribution in [0.3, 0.4) is 0 Å². The normalized spacial score (nSPS) is 39.1. The Balaban J connectivity index is 1.43. The Morgan fingerprint density at radius 2 is 1.67 bits per heavy atom. The molecule has 1 aromatic rings. The lowest BCUT2D eigenvalue weighted by Crippen LogP contribution is -2.35. The van der Waals surface area contributed by atoms with Crippen molar-refractivity contribution in [3.05, 3.63) is 59.2 Å². The third kappa shape index (κ3) is 2.75. The van der Waals surface area contributed by atoms with Gasteiger partial charge in [0, 0.05) is 0 Å². The van der Waals surface area contributed by atoms with E-state index in [2.05, 4.69) is 0 Å². The van der Waals surface area contributed by atoms with E-state index in [0.29, 0.717) is 12.3 Å². The second-order valence-electron chi connectivity index (χ2n) is 7.74. The first-order valence-corrected chi connectivity index (χ1v) is 9.11. The number of hydrogen-bond acceptors (Lipinski definition) is 3. The first-order valence-electron chi connectivity index (χ1n) is 9.11. The molecule has 0 aromatic heterocycles. The maximum absolute atomic E-state index is 11.0. The van der Waals surface area contributed by atoms with Crippen molar-refractivity contribution in [2.24, 2.45) is 11.8 Å². The van der Waals surface area contributed by atoms with Crippen LogP contribution in [-0.4, -0.2) is 27.5 Å². The highest BCUT2D eigenvalue weighted by atomic mass is 16.3. The lowest BCUT2D eigenvalue weighted by molar-refractivity contribution is -0.0303. The van der Waals surface area contributed by atoms with E-state index in [1.165, 1.54) is 5.57 Å². The molecule has 2 unspecified atom stereocenters. The van der Waals surface area contributed by atoms with Gasteiger partial charge in [-0.25, -0.2) is 0 Å². The van der Waals surface area contributed by atoms with E-state index in [-0.39, 0.29) is 5.92 Å². The fourth-order valence-electron chi connectivity index (χ4n) is 4.91. The molecule has 128 valence electrons. The van der Waals surface area contributed by atoms with E-state index in [4.69, 9.17) is 0 Å². The Labute approximate surface area is 143 Å². The van der Waals surface area contributed by atoms with Gasteiger partial charge in [0.1, 0.15) is 0 Å². The Morgan fingerprint density at radius 1 is 0.958 bits per heavy atom. The summed E-state index contributed by atoms with van der Waals surface area (Å²) in [5.74, 6) is 0.686. The average molecular weight is 326 g/mol. The number of hydrogen-bond donors (Lipinski definition) is 3. The number of aliphatic hydroxyl groups excluding tert-OH is 2. The predicted molar refractivity (Wildman–Crippen MR) is 93.2 cm³/mol. The number of benzene rings is 1. The summed E-state index contributed by atoms with van der Waals surface area (Å²) in [4.78, 5) is 0. The highest BCUT2D eigenvalue weighted by molar-refractivity contribution is 5.39. The van der Waals surface area contributed by atoms with Crippen LogP contribution in [0.4, 0.5) is 0 Å². The maximum Gasteiger partial charge on any atom is 0.0896 e. The van der Waals surface area contributed by atoms with Crippen LogP contribution in [0.15, 0.2) is 53.6 Å². The van der Waals surface area contributed by atoms with E-state index in [0.717, 1.165) is 43.2 Å². The van der Waals surface area contributed by atoms with Crippen LogP contribution in [0.5, 0.6) is 0 Å². The topological polar surface area (TPSA) is 60.7 Å². The predicted octanol–water partition coefficient (Wildman–Crippen LogP) is 3.06. The highest BCUT2D eigenvalue weighted by Gasteiger charge is 2.43. The molecule has 24 heavy (non-hydrogen) atoms. The second-order valence-corrected chi connectivity index (χ2v) is 7.74. The van der Waals surface area contributed by atoms with E-state index in [1.807, 2.05) is 36.4 Å². The molecule has 3 heteroatoms. The molecule has 3 aliphatic rings. The molecule has 1 fully saturated rings. The first kappa shape index (κ1) is 16.1. The van der Waals surface area contributed by atoms with Gasteiger partial charge in [-0.2, -0.15) is 0 Å². The van der Waals surface area contributed by atoms with Gasteiger partial charge in [0.25, 0.3) is 0 Å². The van der Waals surface area contributed by atoms with Gasteiger partial charge in [-0.3, -0.25) is 0 Å². The summed E-state index contributed by atoms with van der Waals surface area (Å²) in [7, 11) is 0. The van der Waals surface area contributed by atoms with Crippen LogP contribution in [0, 0.1) is 11.8 Å². The summed E-state index contributed by atoms with van der Waals surface area (Å²) >= 11 is 0. The molecule has 3 aliphatic carbocycles. The van der Waals surface area contributed by atoms with Gasteiger partial charge in [-0.15, -0.1) is 0 Å². The zero-order valence-electron chi connectivity index (χ0n) is 13.9. The Hall–Kier alpha value is -1.42. The van der Waals surface area contributed by atoms with E-state index in [9.17, 15) is 15.3 Å². The van der Waals surface area contributed by atoms with Crippen molar-refractivity contribution >= 4 is 0 Å². The minimum absolute atomic E-state index is 0.241. The molecule has 4 rings (SSSR count). The molecule has 0 amide bonds. The summed E-state index contributed by atoms with van der Waals surface area (Å²) in [5, 5.41) is 31.5. The van der Waals surface area contributed by atoms with Crippen molar-refractivity contribution in [2.45, 2.75) is 56.3 Å². The molecular formula is C21H26O3. The molecule has 0 bridgehead atoms. The van der Waals surface area contributed by atoms with Gasteiger partial charge in [-0.1, -0.05) is 48.1 Å². The van der Waals surface area contributed by atoms with Crippen molar-refractivity contribution in [3.8, 4) is 0 Å². The van der Waals surface area contributed by atoms with Crippen LogP contribution in [0.2, 0.25) is 0 Å². The van der Waals surface area contributed by atoms with Crippen LogP contribution in [0.25, 0.3) is 0 Å². The zero-order valence-corrected chi connectivity index (χ0v) is 13.9. The molecule has 3 atom stereocenters. The van der Waals surface area contributed by atoms with Gasteiger partial charge in [0.15, 0.2) is 0 Å². The van der Waals surface area contributed by atoms with Crippen LogP contribution in [-0.2, 0) is 5.60 Å². The molecule has 0 radical (unpaired) electrons. The summed E-state index contributed by atoms with van der Waals surface area (Å²) in [6, 6.07) is 9.96. The van der Waals surface area contributed by atoms with Crippen LogP contribution in [0.1, 0.15) is 44.1 Å². The molecule has 0 aliphatic heterocycles. The van der Waals surface area contributed by atoms with Gasteiger partial charge in [0.05, 0.1) is 17.8 Å². The Kier molecular flexibility index (Phi) is 4.11. The quantitative estimate of drug-likeness (QED) is 0.783. The average Bonchev–Trinajstić information content (AvgIpc) is 2.92. The van der Waals surface area contributed by atoms with Crippen molar-refractivity contribution in [3.63, 3.8) is 0 Å². The monoisotopic (exact) mass is 326 g/mol. The lowest BCUT2D eigenvalue weighted by atomic mass is 9.70. The summed E-state index contributed by atoms with van der Waals surface area (Å²) in [6.07, 6.45) is 7.87. The Morgan fingerprint density at radius 3 is 2.38 bits per heavy atom. The van der Waals surface area contributed by atoms with Crippen LogP contribution < -0.4 is 0 Å². The largest absolute Gasteiger partial charge is 0.389 e. The van der Waals surface area contributed by atoms with Crippen LogP contribution >= 0.6 is 0 Å². The fraction of sp³-hybridized carbons (Fsp3) is 0.524. The van der Waals surface area contributed by atoms with Gasteiger partial charge in [0.2, 0.25) is 0 Å². The SMILES string of the molecule is OC1C=CC2=C(C1)CC(C1CCC(O)(c3ccccc3)CC1)[C@@H]2O. The van der Waals surface area contributed by atoms with Crippen molar-refractivity contribution < 1.29 is 15.3 Å². The third-order valence-corrected chi connectivity index (χ3v) is 6.34. The van der Waals surface area contributed by atoms with E-state index >= 15 is 0 Å². The lowest BCUT2D eigenvalue weighted by Gasteiger charge is -2.39. The summed E-state index contributed by atoms with van der Waals surface area (Å²) in [6.45, 7) is 0. The van der Waals surface area contributed by atoms with Crippen molar-refractivity contribution in [2.75, 3.05) is 0 Å². The zero-order chi connectivity index (χ0) is 16.7. The summed E-state index contributed by atoms with van der Waals surface area (Å²) in [5.41, 5.74) is 2.56. The van der Waals surface area contributed by atoms with E-state index < -0.39 is 17.8 Å². The molecular weight excluding hydrogens is 300 g/mol. The highest BCUT2D eigenvalue weighted by Crippen LogP contribution is 2.48. The molecule has 1 saturated carbocycles. The molecule has 0 saturated heterocycles. The molecule has 0 spiro atoms. The maximum atomic E-state index is 11.0. The third-order valence-electron chi connectivity index (χ3n) is 6.34. The summed E-state index contributed by atoms with van der Waals surface area (Å²) < 4.78 is 0. The Bertz CT molecular complexity index is 653. The number of aliphatic hydroxyl groups is 3. The van der Waals surface area contributed by atoms with Crippen molar-refractivity contribution in [1.29, 1.82) is 0 Å². The molecule has 3 nitrogen and oxygen atoms in total.